The maximum absolute atomic E-state index is 12.3. The molecule has 0 aromatic heterocycles. The second kappa shape index (κ2) is 7.08. The van der Waals surface area contributed by atoms with Crippen LogP contribution in [0.5, 0.6) is 0 Å². The topological polar surface area (TPSA) is 41.1 Å². The summed E-state index contributed by atoms with van der Waals surface area (Å²) in [7, 11) is 0. The molecular formula is C18H28N2O. The Kier molecular flexibility index (Phi) is 5.40. The molecular weight excluding hydrogens is 260 g/mol. The van der Waals surface area contributed by atoms with Crippen LogP contribution >= 0.6 is 0 Å². The molecule has 1 aliphatic carbocycles. The Hall–Kier alpha value is -1.35. The zero-order valence-corrected chi connectivity index (χ0v) is 13.6. The van der Waals surface area contributed by atoms with Crippen LogP contribution in [-0.4, -0.2) is 18.0 Å². The fourth-order valence-corrected chi connectivity index (χ4v) is 3.19. The molecule has 0 heterocycles. The molecule has 1 aromatic rings. The van der Waals surface area contributed by atoms with Crippen LogP contribution in [-0.2, 0) is 4.79 Å². The van der Waals surface area contributed by atoms with Crippen molar-refractivity contribution in [3.05, 3.63) is 29.8 Å². The number of anilines is 1. The molecule has 1 amide bonds. The van der Waals surface area contributed by atoms with Crippen molar-refractivity contribution in [1.29, 1.82) is 0 Å². The van der Waals surface area contributed by atoms with Gasteiger partial charge in [0, 0.05) is 11.7 Å². The van der Waals surface area contributed by atoms with Gasteiger partial charge in [-0.1, -0.05) is 38.8 Å². The maximum atomic E-state index is 12.3. The average molecular weight is 288 g/mol. The first kappa shape index (κ1) is 16.0. The molecule has 0 unspecified atom stereocenters. The number of nitrogens with one attached hydrogen (secondary N) is 2. The molecule has 0 radical (unpaired) electrons. The van der Waals surface area contributed by atoms with Crippen molar-refractivity contribution in [1.82, 2.24) is 5.32 Å². The standard InChI is InChI=1S/C18H28N2O/c1-12-7-5-9-16(11-12)20-18(21)15(4)19-17-10-6-8-13(2)14(17)3/h5,7,9,11,13-15,17,19H,6,8,10H2,1-4H3,(H,20,21)/t13-,14-,15+,17+/m0/s1. The summed E-state index contributed by atoms with van der Waals surface area (Å²) in [5.74, 6) is 1.42. The Balaban J connectivity index is 1.90. The highest BCUT2D eigenvalue weighted by molar-refractivity contribution is 5.94. The Morgan fingerprint density at radius 1 is 1.29 bits per heavy atom. The average Bonchev–Trinajstić information content (AvgIpc) is 2.44. The minimum atomic E-state index is -0.164. The minimum absolute atomic E-state index is 0.0472. The summed E-state index contributed by atoms with van der Waals surface area (Å²) in [6, 6.07) is 8.21. The van der Waals surface area contributed by atoms with Crippen LogP contribution in [0.25, 0.3) is 0 Å². The molecule has 3 heteroatoms. The van der Waals surface area contributed by atoms with Gasteiger partial charge in [0.05, 0.1) is 6.04 Å². The zero-order chi connectivity index (χ0) is 15.4. The second-order valence-corrected chi connectivity index (χ2v) is 6.62. The summed E-state index contributed by atoms with van der Waals surface area (Å²) in [4.78, 5) is 12.3. The molecule has 0 bridgehead atoms. The molecule has 2 rings (SSSR count). The van der Waals surface area contributed by atoms with E-state index < -0.39 is 0 Å². The van der Waals surface area contributed by atoms with Crippen molar-refractivity contribution >= 4 is 11.6 Å². The van der Waals surface area contributed by atoms with Gasteiger partial charge in [0.25, 0.3) is 0 Å². The molecule has 0 saturated heterocycles. The monoisotopic (exact) mass is 288 g/mol. The summed E-state index contributed by atoms with van der Waals surface area (Å²) in [6.07, 6.45) is 3.74. The van der Waals surface area contributed by atoms with Gasteiger partial charge in [-0.25, -0.2) is 0 Å². The largest absolute Gasteiger partial charge is 0.325 e. The number of amides is 1. The lowest BCUT2D eigenvalue weighted by Gasteiger charge is -2.36. The first-order valence-corrected chi connectivity index (χ1v) is 8.11. The van der Waals surface area contributed by atoms with Crippen LogP contribution in [0.3, 0.4) is 0 Å². The van der Waals surface area contributed by atoms with E-state index in [0.717, 1.165) is 17.2 Å². The van der Waals surface area contributed by atoms with Crippen LogP contribution in [0, 0.1) is 18.8 Å². The van der Waals surface area contributed by atoms with Gasteiger partial charge in [0.15, 0.2) is 0 Å². The van der Waals surface area contributed by atoms with Crippen LogP contribution in [0.1, 0.15) is 45.6 Å². The third kappa shape index (κ3) is 4.31. The van der Waals surface area contributed by atoms with Gasteiger partial charge in [0.1, 0.15) is 0 Å². The molecule has 116 valence electrons. The Labute approximate surface area is 128 Å². The smallest absolute Gasteiger partial charge is 0.241 e. The highest BCUT2D eigenvalue weighted by Crippen LogP contribution is 2.29. The number of carbonyl (C=O) groups is 1. The zero-order valence-electron chi connectivity index (χ0n) is 13.6. The minimum Gasteiger partial charge on any atom is -0.325 e. The highest BCUT2D eigenvalue weighted by Gasteiger charge is 2.29. The lowest BCUT2D eigenvalue weighted by atomic mass is 9.78. The van der Waals surface area contributed by atoms with Crippen molar-refractivity contribution in [2.45, 2.75) is 59.0 Å². The molecule has 1 aromatic carbocycles. The van der Waals surface area contributed by atoms with Gasteiger partial charge in [-0.2, -0.15) is 0 Å². The Morgan fingerprint density at radius 3 is 2.76 bits per heavy atom. The fourth-order valence-electron chi connectivity index (χ4n) is 3.19. The third-order valence-corrected chi connectivity index (χ3v) is 4.85. The fraction of sp³-hybridized carbons (Fsp3) is 0.611. The molecule has 1 fully saturated rings. The quantitative estimate of drug-likeness (QED) is 0.886. The first-order chi connectivity index (χ1) is 9.97. The first-order valence-electron chi connectivity index (χ1n) is 8.11. The summed E-state index contributed by atoms with van der Waals surface area (Å²) < 4.78 is 0. The number of rotatable bonds is 4. The van der Waals surface area contributed by atoms with E-state index in [1.165, 1.54) is 19.3 Å². The van der Waals surface area contributed by atoms with Crippen molar-refractivity contribution in [2.24, 2.45) is 11.8 Å². The van der Waals surface area contributed by atoms with E-state index in [-0.39, 0.29) is 11.9 Å². The van der Waals surface area contributed by atoms with E-state index in [2.05, 4.69) is 24.5 Å². The van der Waals surface area contributed by atoms with Gasteiger partial charge < -0.3 is 10.6 Å². The maximum Gasteiger partial charge on any atom is 0.241 e. The molecule has 0 aliphatic heterocycles. The summed E-state index contributed by atoms with van der Waals surface area (Å²) in [5, 5.41) is 6.52. The summed E-state index contributed by atoms with van der Waals surface area (Å²) in [5.41, 5.74) is 2.03. The molecule has 21 heavy (non-hydrogen) atoms. The Bertz CT molecular complexity index is 486. The van der Waals surface area contributed by atoms with E-state index in [1.807, 2.05) is 38.1 Å². The van der Waals surface area contributed by atoms with Crippen LogP contribution < -0.4 is 10.6 Å². The normalized spacial score (nSPS) is 27.1. The molecule has 1 saturated carbocycles. The second-order valence-electron chi connectivity index (χ2n) is 6.62. The van der Waals surface area contributed by atoms with E-state index in [9.17, 15) is 4.79 Å². The van der Waals surface area contributed by atoms with Gasteiger partial charge >= 0.3 is 0 Å². The predicted octanol–water partition coefficient (Wildman–Crippen LogP) is 3.74. The number of benzene rings is 1. The number of aryl methyl sites for hydroxylation is 1. The van der Waals surface area contributed by atoms with E-state index in [0.29, 0.717) is 12.0 Å². The van der Waals surface area contributed by atoms with Crippen molar-refractivity contribution in [2.75, 3.05) is 5.32 Å². The van der Waals surface area contributed by atoms with Crippen LogP contribution in [0.15, 0.2) is 24.3 Å². The lowest BCUT2D eigenvalue weighted by molar-refractivity contribution is -0.118. The highest BCUT2D eigenvalue weighted by atomic mass is 16.2. The molecule has 2 N–H and O–H groups in total. The Morgan fingerprint density at radius 2 is 2.05 bits per heavy atom. The molecule has 3 nitrogen and oxygen atoms in total. The molecule has 1 aliphatic rings. The summed E-state index contributed by atoms with van der Waals surface area (Å²) >= 11 is 0. The van der Waals surface area contributed by atoms with Crippen molar-refractivity contribution in [3.63, 3.8) is 0 Å². The van der Waals surface area contributed by atoms with Gasteiger partial charge in [-0.05, 0) is 49.8 Å². The van der Waals surface area contributed by atoms with Crippen LogP contribution in [0.4, 0.5) is 5.69 Å². The van der Waals surface area contributed by atoms with E-state index in [4.69, 9.17) is 0 Å². The van der Waals surface area contributed by atoms with Crippen molar-refractivity contribution in [3.8, 4) is 0 Å². The number of hydrogen-bond donors (Lipinski definition) is 2. The number of hydrogen-bond acceptors (Lipinski definition) is 2. The van der Waals surface area contributed by atoms with Crippen LogP contribution in [0.2, 0.25) is 0 Å². The molecule has 4 atom stereocenters. The van der Waals surface area contributed by atoms with Crippen molar-refractivity contribution < 1.29 is 4.79 Å². The summed E-state index contributed by atoms with van der Waals surface area (Å²) in [6.45, 7) is 8.60. The number of carbonyl (C=O) groups excluding carboxylic acids is 1. The van der Waals surface area contributed by atoms with E-state index >= 15 is 0 Å². The van der Waals surface area contributed by atoms with Gasteiger partial charge in [0.2, 0.25) is 5.91 Å². The predicted molar refractivity (Wildman–Crippen MR) is 88.4 cm³/mol. The van der Waals surface area contributed by atoms with Gasteiger partial charge in [-0.15, -0.1) is 0 Å². The SMILES string of the molecule is Cc1cccc(NC(=O)[C@@H](C)N[C@@H]2CCC[C@H](C)[C@@H]2C)c1. The molecule has 0 spiro atoms. The third-order valence-electron chi connectivity index (χ3n) is 4.85. The van der Waals surface area contributed by atoms with Gasteiger partial charge in [-0.3, -0.25) is 4.79 Å². The van der Waals surface area contributed by atoms with E-state index in [1.54, 1.807) is 0 Å². The lowest BCUT2D eigenvalue weighted by Crippen LogP contribution is -2.49.